The Kier molecular flexibility index (Phi) is 4.67. The maximum absolute atomic E-state index is 12.8. The van der Waals surface area contributed by atoms with E-state index in [-0.39, 0.29) is 10.6 Å². The van der Waals surface area contributed by atoms with Gasteiger partial charge in [0.25, 0.3) is 10.0 Å². The van der Waals surface area contributed by atoms with Crippen molar-refractivity contribution >= 4 is 27.4 Å². The first kappa shape index (κ1) is 15.8. The van der Waals surface area contributed by atoms with Crippen molar-refractivity contribution in [3.63, 3.8) is 0 Å². The number of methoxy groups -OCH3 is 1. The second-order valence-electron chi connectivity index (χ2n) is 4.46. The predicted molar refractivity (Wildman–Crippen MR) is 83.8 cm³/mol. The maximum Gasteiger partial charge on any atom is 0.326 e. The Morgan fingerprint density at radius 3 is 2.27 bits per heavy atom. The Labute approximate surface area is 129 Å². The number of carbonyl (C=O) groups is 1. The van der Waals surface area contributed by atoms with E-state index in [2.05, 4.69) is 4.74 Å². The van der Waals surface area contributed by atoms with Crippen molar-refractivity contribution in [2.45, 2.75) is 4.90 Å². The van der Waals surface area contributed by atoms with Crippen LogP contribution < -0.4 is 10.0 Å². The number of nitrogen functional groups attached to an aromatic ring is 1. The van der Waals surface area contributed by atoms with Crippen LogP contribution in [0.25, 0.3) is 0 Å². The summed E-state index contributed by atoms with van der Waals surface area (Å²) < 4.78 is 31.3. The molecule has 0 radical (unpaired) electrons. The molecule has 116 valence electrons. The largest absolute Gasteiger partial charge is 0.468 e. The van der Waals surface area contributed by atoms with Crippen LogP contribution in [0.1, 0.15) is 0 Å². The Hall–Kier alpha value is -2.54. The van der Waals surface area contributed by atoms with E-state index >= 15 is 0 Å². The van der Waals surface area contributed by atoms with Crippen LogP contribution in [0, 0.1) is 0 Å². The molecular formula is C15H16N2O4S. The molecule has 2 aromatic carbocycles. The maximum atomic E-state index is 12.8. The number of anilines is 2. The Bertz CT molecular complexity index is 760. The lowest BCUT2D eigenvalue weighted by molar-refractivity contribution is -0.138. The van der Waals surface area contributed by atoms with Gasteiger partial charge in [-0.05, 0) is 24.3 Å². The summed E-state index contributed by atoms with van der Waals surface area (Å²) >= 11 is 0. The van der Waals surface area contributed by atoms with Crippen molar-refractivity contribution in [3.8, 4) is 0 Å². The smallest absolute Gasteiger partial charge is 0.326 e. The van der Waals surface area contributed by atoms with Crippen molar-refractivity contribution in [1.29, 1.82) is 0 Å². The van der Waals surface area contributed by atoms with E-state index in [1.54, 1.807) is 42.5 Å². The number of benzene rings is 2. The number of hydrogen-bond acceptors (Lipinski definition) is 5. The molecule has 0 amide bonds. The molecule has 2 N–H and O–H groups in total. The highest BCUT2D eigenvalue weighted by Crippen LogP contribution is 2.26. The van der Waals surface area contributed by atoms with Gasteiger partial charge in [0.05, 0.1) is 18.5 Å². The second kappa shape index (κ2) is 6.48. The Balaban J connectivity index is 2.53. The molecule has 0 heterocycles. The molecule has 0 bridgehead atoms. The fourth-order valence-corrected chi connectivity index (χ4v) is 3.45. The number of ether oxygens (including phenoxy) is 1. The number of hydrogen-bond donors (Lipinski definition) is 1. The van der Waals surface area contributed by atoms with Crippen LogP contribution in [-0.2, 0) is 19.6 Å². The minimum atomic E-state index is -3.98. The van der Waals surface area contributed by atoms with Crippen LogP contribution in [0.4, 0.5) is 11.4 Å². The van der Waals surface area contributed by atoms with Gasteiger partial charge in [-0.15, -0.1) is 0 Å². The summed E-state index contributed by atoms with van der Waals surface area (Å²) in [5.74, 6) is -0.665. The SMILES string of the molecule is COC(=O)CN(c1ccccc1)S(=O)(=O)c1ccccc1N. The van der Waals surface area contributed by atoms with Crippen molar-refractivity contribution < 1.29 is 17.9 Å². The number of para-hydroxylation sites is 2. The Morgan fingerprint density at radius 1 is 1.09 bits per heavy atom. The first-order chi connectivity index (χ1) is 10.5. The zero-order valence-corrected chi connectivity index (χ0v) is 12.8. The van der Waals surface area contributed by atoms with Crippen LogP contribution in [0.2, 0.25) is 0 Å². The lowest BCUT2D eigenvalue weighted by Crippen LogP contribution is -2.36. The quantitative estimate of drug-likeness (QED) is 0.668. The molecule has 22 heavy (non-hydrogen) atoms. The van der Waals surface area contributed by atoms with E-state index in [0.717, 1.165) is 4.31 Å². The van der Waals surface area contributed by atoms with Gasteiger partial charge in [-0.25, -0.2) is 8.42 Å². The van der Waals surface area contributed by atoms with Gasteiger partial charge in [0.2, 0.25) is 0 Å². The van der Waals surface area contributed by atoms with Gasteiger partial charge in [0.15, 0.2) is 0 Å². The molecule has 0 fully saturated rings. The normalized spacial score (nSPS) is 11.0. The molecule has 0 aliphatic rings. The highest BCUT2D eigenvalue weighted by molar-refractivity contribution is 7.93. The summed E-state index contributed by atoms with van der Waals surface area (Å²) in [7, 11) is -2.78. The Morgan fingerprint density at radius 2 is 1.68 bits per heavy atom. The number of esters is 1. The van der Waals surface area contributed by atoms with Gasteiger partial charge < -0.3 is 10.5 Å². The highest BCUT2D eigenvalue weighted by atomic mass is 32.2. The topological polar surface area (TPSA) is 89.7 Å². The van der Waals surface area contributed by atoms with E-state index in [1.165, 1.54) is 19.2 Å². The molecule has 0 aliphatic heterocycles. The molecule has 0 saturated carbocycles. The number of rotatable bonds is 5. The van der Waals surface area contributed by atoms with Gasteiger partial charge in [0.1, 0.15) is 11.4 Å². The van der Waals surface area contributed by atoms with Gasteiger partial charge >= 0.3 is 5.97 Å². The molecule has 7 heteroatoms. The van der Waals surface area contributed by atoms with Crippen molar-refractivity contribution in [2.75, 3.05) is 23.7 Å². The molecule has 2 rings (SSSR count). The average Bonchev–Trinajstić information content (AvgIpc) is 2.53. The summed E-state index contributed by atoms with van der Waals surface area (Å²) in [6.07, 6.45) is 0. The van der Waals surface area contributed by atoms with Crippen LogP contribution in [-0.4, -0.2) is 28.0 Å². The first-order valence-electron chi connectivity index (χ1n) is 6.46. The first-order valence-corrected chi connectivity index (χ1v) is 7.90. The summed E-state index contributed by atoms with van der Waals surface area (Å²) in [6, 6.07) is 14.4. The van der Waals surface area contributed by atoms with E-state index in [9.17, 15) is 13.2 Å². The van der Waals surface area contributed by atoms with E-state index in [1.807, 2.05) is 0 Å². The van der Waals surface area contributed by atoms with Crippen molar-refractivity contribution in [2.24, 2.45) is 0 Å². The van der Waals surface area contributed by atoms with E-state index in [0.29, 0.717) is 5.69 Å². The average molecular weight is 320 g/mol. The summed E-state index contributed by atoms with van der Waals surface area (Å²) in [4.78, 5) is 11.5. The summed E-state index contributed by atoms with van der Waals surface area (Å²) in [5, 5.41) is 0. The van der Waals surface area contributed by atoms with Crippen LogP contribution in [0.15, 0.2) is 59.5 Å². The lowest BCUT2D eigenvalue weighted by Gasteiger charge is -2.23. The molecule has 0 aliphatic carbocycles. The van der Waals surface area contributed by atoms with Crippen LogP contribution in [0.5, 0.6) is 0 Å². The number of carbonyl (C=O) groups excluding carboxylic acids is 1. The number of nitrogens with zero attached hydrogens (tertiary/aromatic N) is 1. The van der Waals surface area contributed by atoms with E-state index < -0.39 is 22.5 Å². The molecule has 0 spiro atoms. The predicted octanol–water partition coefficient (Wildman–Crippen LogP) is 1.64. The molecule has 0 aromatic heterocycles. The molecule has 0 saturated heterocycles. The summed E-state index contributed by atoms with van der Waals surface area (Å²) in [6.45, 7) is -0.433. The summed E-state index contributed by atoms with van der Waals surface area (Å²) in [5.41, 5.74) is 6.24. The third kappa shape index (κ3) is 3.20. The molecule has 6 nitrogen and oxygen atoms in total. The standard InChI is InChI=1S/C15H16N2O4S/c1-21-15(18)11-17(12-7-3-2-4-8-12)22(19,20)14-10-6-5-9-13(14)16/h2-10H,11,16H2,1H3. The third-order valence-electron chi connectivity index (χ3n) is 3.03. The number of sulfonamides is 1. The van der Waals surface area contributed by atoms with Gasteiger partial charge in [0, 0.05) is 0 Å². The van der Waals surface area contributed by atoms with Gasteiger partial charge in [-0.2, -0.15) is 0 Å². The minimum absolute atomic E-state index is 0.0530. The zero-order valence-electron chi connectivity index (χ0n) is 12.0. The molecule has 0 atom stereocenters. The van der Waals surface area contributed by atoms with Gasteiger partial charge in [-0.3, -0.25) is 9.10 Å². The lowest BCUT2D eigenvalue weighted by atomic mass is 10.3. The third-order valence-corrected chi connectivity index (χ3v) is 4.88. The second-order valence-corrected chi connectivity index (χ2v) is 6.29. The van der Waals surface area contributed by atoms with Crippen molar-refractivity contribution in [1.82, 2.24) is 0 Å². The minimum Gasteiger partial charge on any atom is -0.468 e. The fourth-order valence-electron chi connectivity index (χ4n) is 1.93. The molecular weight excluding hydrogens is 304 g/mol. The van der Waals surface area contributed by atoms with Crippen LogP contribution >= 0.6 is 0 Å². The highest BCUT2D eigenvalue weighted by Gasteiger charge is 2.28. The van der Waals surface area contributed by atoms with Crippen molar-refractivity contribution in [3.05, 3.63) is 54.6 Å². The zero-order chi connectivity index (χ0) is 16.2. The van der Waals surface area contributed by atoms with Crippen LogP contribution in [0.3, 0.4) is 0 Å². The number of nitrogens with two attached hydrogens (primary N) is 1. The monoisotopic (exact) mass is 320 g/mol. The van der Waals surface area contributed by atoms with E-state index in [4.69, 9.17) is 5.73 Å². The van der Waals surface area contributed by atoms with Gasteiger partial charge in [-0.1, -0.05) is 30.3 Å². The molecule has 2 aromatic rings. The molecule has 0 unspecified atom stereocenters. The fraction of sp³-hybridized carbons (Fsp3) is 0.133.